The molecule has 0 radical (unpaired) electrons. The van der Waals surface area contributed by atoms with Crippen molar-refractivity contribution in [1.82, 2.24) is 5.32 Å². The van der Waals surface area contributed by atoms with E-state index >= 15 is 0 Å². The van der Waals surface area contributed by atoms with E-state index in [1.54, 1.807) is 0 Å². The third kappa shape index (κ3) is 7.46. The number of rotatable bonds is 9. The lowest BCUT2D eigenvalue weighted by Crippen LogP contribution is -2.30. The van der Waals surface area contributed by atoms with Crippen LogP contribution in [0.3, 0.4) is 0 Å². The van der Waals surface area contributed by atoms with E-state index in [-0.39, 0.29) is 33.4 Å². The van der Waals surface area contributed by atoms with Crippen molar-refractivity contribution in [2.45, 2.75) is 23.5 Å². The van der Waals surface area contributed by atoms with Crippen LogP contribution in [0.25, 0.3) is 0 Å². The third-order valence-corrected chi connectivity index (χ3v) is 6.46. The van der Waals surface area contributed by atoms with E-state index in [0.717, 1.165) is 24.3 Å². The Morgan fingerprint density at radius 1 is 0.974 bits per heavy atom. The summed E-state index contributed by atoms with van der Waals surface area (Å²) < 4.78 is 66.5. The molecule has 10 nitrogen and oxygen atoms in total. The van der Waals surface area contributed by atoms with Gasteiger partial charge in [0.05, 0.1) is 28.6 Å². The monoisotopic (exact) mass is 549 g/mol. The highest BCUT2D eigenvalue weighted by molar-refractivity contribution is 7.92. The zero-order chi connectivity index (χ0) is 28.1. The molecule has 1 unspecified atom stereocenters. The summed E-state index contributed by atoms with van der Waals surface area (Å²) in [5.74, 6) is -2.35. The Bertz CT molecular complexity index is 1470. The number of sulfonamides is 1. The fraction of sp³-hybridized carbons (Fsp3) is 0.125. The summed E-state index contributed by atoms with van der Waals surface area (Å²) in [5.41, 5.74) is 10.1. The maximum atomic E-state index is 12.9. The molecule has 0 spiro atoms. The second-order valence-electron chi connectivity index (χ2n) is 7.96. The van der Waals surface area contributed by atoms with Crippen LogP contribution in [0.15, 0.2) is 82.7 Å². The summed E-state index contributed by atoms with van der Waals surface area (Å²) in [6.45, 7) is 0. The Hall–Kier alpha value is -4.59. The first-order valence-corrected chi connectivity index (χ1v) is 12.3. The Morgan fingerprint density at radius 2 is 1.63 bits per heavy atom. The van der Waals surface area contributed by atoms with Gasteiger partial charge in [0.25, 0.3) is 15.9 Å². The van der Waals surface area contributed by atoms with Gasteiger partial charge in [0.2, 0.25) is 0 Å². The van der Waals surface area contributed by atoms with Crippen molar-refractivity contribution >= 4 is 39.2 Å². The van der Waals surface area contributed by atoms with Crippen LogP contribution in [0.4, 0.5) is 24.5 Å². The fourth-order valence-corrected chi connectivity index (χ4v) is 4.47. The van der Waals surface area contributed by atoms with Crippen molar-refractivity contribution in [3.05, 3.63) is 89.5 Å². The molecule has 0 saturated carbocycles. The number of nitrogens with one attached hydrogen (secondary N) is 2. The van der Waals surface area contributed by atoms with Crippen LogP contribution in [-0.2, 0) is 21.0 Å². The molecule has 200 valence electrons. The van der Waals surface area contributed by atoms with Crippen LogP contribution < -0.4 is 21.5 Å². The summed E-state index contributed by atoms with van der Waals surface area (Å²) in [6, 6.07) is 13.4. The second-order valence-corrected chi connectivity index (χ2v) is 9.65. The maximum absolute atomic E-state index is 12.9. The molecule has 0 heterocycles. The van der Waals surface area contributed by atoms with Crippen LogP contribution in [0.2, 0.25) is 0 Å². The van der Waals surface area contributed by atoms with E-state index in [1.807, 2.05) is 0 Å². The van der Waals surface area contributed by atoms with Crippen LogP contribution in [0.1, 0.15) is 33.9 Å². The molecule has 0 saturated heterocycles. The van der Waals surface area contributed by atoms with Gasteiger partial charge in [-0.3, -0.25) is 14.3 Å². The number of halogens is 3. The first-order valence-electron chi connectivity index (χ1n) is 10.8. The maximum Gasteiger partial charge on any atom is 0.416 e. The van der Waals surface area contributed by atoms with Crippen molar-refractivity contribution in [2.24, 2.45) is 16.5 Å². The van der Waals surface area contributed by atoms with Gasteiger partial charge in [0.15, 0.2) is 5.96 Å². The van der Waals surface area contributed by atoms with E-state index < -0.39 is 46.1 Å². The number of anilines is 1. The molecule has 0 aliphatic heterocycles. The van der Waals surface area contributed by atoms with E-state index in [1.165, 1.54) is 48.5 Å². The smallest absolute Gasteiger partial charge is 0.416 e. The number of carbonyl (C=O) groups is 2. The number of carboxylic acids is 1. The molecule has 3 aromatic rings. The quantitative estimate of drug-likeness (QED) is 0.201. The van der Waals surface area contributed by atoms with Gasteiger partial charge >= 0.3 is 12.1 Å². The van der Waals surface area contributed by atoms with Crippen molar-refractivity contribution in [1.29, 1.82) is 0 Å². The van der Waals surface area contributed by atoms with Gasteiger partial charge in [-0.2, -0.15) is 13.2 Å². The average Bonchev–Trinajstić information content (AvgIpc) is 2.82. The molecule has 0 aromatic heterocycles. The van der Waals surface area contributed by atoms with Crippen LogP contribution in [0.5, 0.6) is 0 Å². The Kier molecular flexibility index (Phi) is 8.26. The van der Waals surface area contributed by atoms with Gasteiger partial charge in [0.1, 0.15) is 0 Å². The summed E-state index contributed by atoms with van der Waals surface area (Å²) in [6.07, 6.45) is -5.16. The minimum absolute atomic E-state index is 0.0638. The number of alkyl halides is 3. The zero-order valence-electron chi connectivity index (χ0n) is 19.4. The molecule has 7 N–H and O–H groups in total. The van der Waals surface area contributed by atoms with E-state index in [9.17, 15) is 36.3 Å². The lowest BCUT2D eigenvalue weighted by Gasteiger charge is -2.19. The summed E-state index contributed by atoms with van der Waals surface area (Å²) in [7, 11) is -4.12. The number of hydrogen-bond acceptors (Lipinski definition) is 5. The highest BCUT2D eigenvalue weighted by atomic mass is 32.2. The van der Waals surface area contributed by atoms with Crippen molar-refractivity contribution < 1.29 is 36.3 Å². The lowest BCUT2D eigenvalue weighted by molar-refractivity contribution is -0.138. The van der Waals surface area contributed by atoms with Crippen LogP contribution in [0, 0.1) is 0 Å². The number of nitrogens with two attached hydrogens (primary N) is 2. The number of hydrogen-bond donors (Lipinski definition) is 5. The predicted molar refractivity (Wildman–Crippen MR) is 133 cm³/mol. The number of nitrogens with zero attached hydrogens (tertiary/aromatic N) is 1. The van der Waals surface area contributed by atoms with E-state index in [0.29, 0.717) is 0 Å². The van der Waals surface area contributed by atoms with Gasteiger partial charge in [-0.05, 0) is 60.2 Å². The predicted octanol–water partition coefficient (Wildman–Crippen LogP) is 3.36. The van der Waals surface area contributed by atoms with Crippen molar-refractivity contribution in [3.63, 3.8) is 0 Å². The van der Waals surface area contributed by atoms with Gasteiger partial charge < -0.3 is 21.9 Å². The largest absolute Gasteiger partial charge is 0.481 e. The molecule has 1 amide bonds. The van der Waals surface area contributed by atoms with Gasteiger partial charge in [0, 0.05) is 11.3 Å². The molecular weight excluding hydrogens is 527 g/mol. The first kappa shape index (κ1) is 28.0. The lowest BCUT2D eigenvalue weighted by atomic mass is 10.0. The molecule has 14 heteroatoms. The summed E-state index contributed by atoms with van der Waals surface area (Å²) >= 11 is 0. The van der Waals surface area contributed by atoms with E-state index in [4.69, 9.17) is 11.5 Å². The number of carboxylic acid groups (broad SMARTS) is 1. The molecular formula is C24H22F3N5O5S. The SMILES string of the molecule is NC(N)=Nc1cccc(S(=O)(=O)Nc2cccc(C(CC(=O)O)NC(=O)c3ccc(C(F)(F)F)cc3)c2)c1. The van der Waals surface area contributed by atoms with Crippen LogP contribution in [-0.4, -0.2) is 31.4 Å². The fourth-order valence-electron chi connectivity index (χ4n) is 3.38. The number of guanidine groups is 1. The average molecular weight is 550 g/mol. The van der Waals surface area contributed by atoms with Crippen molar-refractivity contribution in [2.75, 3.05) is 4.72 Å². The molecule has 1 atom stereocenters. The minimum Gasteiger partial charge on any atom is -0.481 e. The number of aliphatic carboxylic acids is 1. The molecule has 0 fully saturated rings. The number of carbonyl (C=O) groups excluding carboxylic acids is 1. The van der Waals surface area contributed by atoms with Gasteiger partial charge in [-0.1, -0.05) is 18.2 Å². The van der Waals surface area contributed by atoms with E-state index in [2.05, 4.69) is 15.0 Å². The molecule has 3 aromatic carbocycles. The second kappa shape index (κ2) is 11.2. The topological polar surface area (TPSA) is 177 Å². The molecule has 0 aliphatic carbocycles. The molecule has 0 aliphatic rings. The van der Waals surface area contributed by atoms with Crippen LogP contribution >= 0.6 is 0 Å². The third-order valence-electron chi connectivity index (χ3n) is 5.09. The number of aliphatic imine (C=N–C) groups is 1. The minimum atomic E-state index is -4.58. The Balaban J connectivity index is 1.84. The molecule has 3 rings (SSSR count). The Labute approximate surface area is 215 Å². The summed E-state index contributed by atoms with van der Waals surface area (Å²) in [5, 5.41) is 11.8. The van der Waals surface area contributed by atoms with Crippen molar-refractivity contribution in [3.8, 4) is 0 Å². The highest BCUT2D eigenvalue weighted by Crippen LogP contribution is 2.29. The first-order chi connectivity index (χ1) is 17.7. The zero-order valence-corrected chi connectivity index (χ0v) is 20.3. The van der Waals surface area contributed by atoms with Gasteiger partial charge in [-0.25, -0.2) is 13.4 Å². The standard InChI is InChI=1S/C24H22F3N5O5S/c25-24(26,27)16-9-7-14(8-10-16)22(35)31-20(13-21(33)34)15-3-1-5-18(11-15)32-38(36,37)19-6-2-4-17(12-19)30-23(28)29/h1-12,20,32H,13H2,(H,31,35)(H,33,34)(H4,28,29,30). The van der Waals surface area contributed by atoms with Gasteiger partial charge in [-0.15, -0.1) is 0 Å². The normalized spacial score (nSPS) is 12.3. The summed E-state index contributed by atoms with van der Waals surface area (Å²) in [4.78, 5) is 27.8. The number of amides is 1. The molecule has 38 heavy (non-hydrogen) atoms. The number of benzene rings is 3. The Morgan fingerprint density at radius 3 is 2.24 bits per heavy atom. The molecule has 0 bridgehead atoms. The highest BCUT2D eigenvalue weighted by Gasteiger charge is 2.30.